The summed E-state index contributed by atoms with van der Waals surface area (Å²) in [5.41, 5.74) is 4.04. The Balaban J connectivity index is 2.20. The SMILES string of the molecule is CCC(=O)OC1Cc2ccc(C(C)(C)CC)cc21. The lowest BCUT2D eigenvalue weighted by Crippen LogP contribution is -2.25. The molecule has 1 aliphatic carbocycles. The van der Waals surface area contributed by atoms with Gasteiger partial charge in [-0.2, -0.15) is 0 Å². The summed E-state index contributed by atoms with van der Waals surface area (Å²) in [7, 11) is 0. The Morgan fingerprint density at radius 1 is 1.39 bits per heavy atom. The molecule has 0 bridgehead atoms. The maximum atomic E-state index is 11.3. The molecule has 0 amide bonds. The van der Waals surface area contributed by atoms with Gasteiger partial charge in [0.25, 0.3) is 0 Å². The number of carbonyl (C=O) groups excluding carboxylic acids is 1. The van der Waals surface area contributed by atoms with Gasteiger partial charge in [-0.15, -0.1) is 0 Å². The lowest BCUT2D eigenvalue weighted by Gasteiger charge is -2.33. The maximum Gasteiger partial charge on any atom is 0.306 e. The van der Waals surface area contributed by atoms with Gasteiger partial charge in [0, 0.05) is 12.8 Å². The predicted octanol–water partition coefficient (Wildman–Crippen LogP) is 3.92. The van der Waals surface area contributed by atoms with Gasteiger partial charge in [-0.05, 0) is 28.5 Å². The van der Waals surface area contributed by atoms with Gasteiger partial charge in [-0.1, -0.05) is 45.9 Å². The molecule has 1 aromatic rings. The largest absolute Gasteiger partial charge is 0.457 e. The fourth-order valence-corrected chi connectivity index (χ4v) is 2.23. The summed E-state index contributed by atoms with van der Waals surface area (Å²) >= 11 is 0. The van der Waals surface area contributed by atoms with Crippen molar-refractivity contribution in [2.45, 2.75) is 58.5 Å². The van der Waals surface area contributed by atoms with Crippen LogP contribution in [0.1, 0.15) is 63.3 Å². The second-order valence-electron chi connectivity index (χ2n) is 5.69. The van der Waals surface area contributed by atoms with E-state index in [1.165, 1.54) is 16.7 Å². The van der Waals surface area contributed by atoms with Crippen molar-refractivity contribution >= 4 is 5.97 Å². The third kappa shape index (κ3) is 2.29. The van der Waals surface area contributed by atoms with Gasteiger partial charge in [0.1, 0.15) is 6.10 Å². The van der Waals surface area contributed by atoms with Gasteiger partial charge in [0.2, 0.25) is 0 Å². The molecule has 0 N–H and O–H groups in total. The first kappa shape index (κ1) is 13.1. The molecule has 0 fully saturated rings. The second kappa shape index (κ2) is 4.75. The minimum absolute atomic E-state index is 0.0138. The van der Waals surface area contributed by atoms with E-state index in [1.807, 2.05) is 6.92 Å². The van der Waals surface area contributed by atoms with E-state index < -0.39 is 0 Å². The molecule has 1 unspecified atom stereocenters. The molecule has 0 heterocycles. The van der Waals surface area contributed by atoms with E-state index in [9.17, 15) is 4.79 Å². The molecular formula is C16H22O2. The normalized spacial score (nSPS) is 17.9. The molecule has 0 saturated carbocycles. The lowest BCUT2D eigenvalue weighted by molar-refractivity contribution is -0.150. The number of hydrogen-bond acceptors (Lipinski definition) is 2. The zero-order chi connectivity index (χ0) is 13.3. The van der Waals surface area contributed by atoms with Crippen LogP contribution in [0.3, 0.4) is 0 Å². The van der Waals surface area contributed by atoms with Crippen LogP contribution in [0.2, 0.25) is 0 Å². The topological polar surface area (TPSA) is 26.3 Å². The number of fused-ring (bicyclic) bond motifs is 1. The van der Waals surface area contributed by atoms with Crippen molar-refractivity contribution < 1.29 is 9.53 Å². The van der Waals surface area contributed by atoms with E-state index in [1.54, 1.807) is 0 Å². The predicted molar refractivity (Wildman–Crippen MR) is 72.6 cm³/mol. The number of hydrogen-bond donors (Lipinski definition) is 0. The molecule has 2 nitrogen and oxygen atoms in total. The minimum atomic E-state index is -0.106. The van der Waals surface area contributed by atoms with E-state index in [0.29, 0.717) is 6.42 Å². The summed E-state index contributed by atoms with van der Waals surface area (Å²) in [5, 5.41) is 0. The van der Waals surface area contributed by atoms with Crippen molar-refractivity contribution in [2.75, 3.05) is 0 Å². The van der Waals surface area contributed by atoms with Crippen LogP contribution in [0.25, 0.3) is 0 Å². The fraction of sp³-hybridized carbons (Fsp3) is 0.562. The third-order valence-corrected chi connectivity index (χ3v) is 4.13. The average Bonchev–Trinajstić information content (AvgIpc) is 2.35. The third-order valence-electron chi connectivity index (χ3n) is 4.13. The molecule has 1 aliphatic rings. The Labute approximate surface area is 109 Å². The van der Waals surface area contributed by atoms with E-state index in [2.05, 4.69) is 39.0 Å². The van der Waals surface area contributed by atoms with Crippen molar-refractivity contribution in [2.24, 2.45) is 0 Å². The molecule has 1 atom stereocenters. The van der Waals surface area contributed by atoms with Crippen molar-refractivity contribution in [3.05, 3.63) is 34.9 Å². The molecule has 1 aromatic carbocycles. The Morgan fingerprint density at radius 2 is 2.11 bits per heavy atom. The number of rotatable bonds is 4. The molecule has 2 heteroatoms. The van der Waals surface area contributed by atoms with Gasteiger partial charge in [-0.25, -0.2) is 0 Å². The van der Waals surface area contributed by atoms with E-state index in [0.717, 1.165) is 12.8 Å². The van der Waals surface area contributed by atoms with Gasteiger partial charge in [-0.3, -0.25) is 4.79 Å². The average molecular weight is 246 g/mol. The van der Waals surface area contributed by atoms with Crippen molar-refractivity contribution in [1.29, 1.82) is 0 Å². The smallest absolute Gasteiger partial charge is 0.306 e. The summed E-state index contributed by atoms with van der Waals surface area (Å²) in [5.74, 6) is -0.106. The first-order valence-electron chi connectivity index (χ1n) is 6.80. The van der Waals surface area contributed by atoms with Gasteiger partial charge in [0.05, 0.1) is 0 Å². The summed E-state index contributed by atoms with van der Waals surface area (Å²) in [4.78, 5) is 11.3. The highest BCUT2D eigenvalue weighted by molar-refractivity contribution is 5.69. The standard InChI is InChI=1S/C16H22O2/c1-5-15(17)18-14-9-11-7-8-12(10-13(11)14)16(3,4)6-2/h7-8,10,14H,5-6,9H2,1-4H3. The summed E-state index contributed by atoms with van der Waals surface area (Å²) in [6.07, 6.45) is 2.41. The van der Waals surface area contributed by atoms with Crippen LogP contribution in [-0.4, -0.2) is 5.97 Å². The maximum absolute atomic E-state index is 11.3. The van der Waals surface area contributed by atoms with Crippen molar-refractivity contribution in [3.8, 4) is 0 Å². The van der Waals surface area contributed by atoms with Crippen LogP contribution in [0, 0.1) is 0 Å². The highest BCUT2D eigenvalue weighted by Gasteiger charge is 2.31. The summed E-state index contributed by atoms with van der Waals surface area (Å²) in [6, 6.07) is 6.61. The van der Waals surface area contributed by atoms with E-state index >= 15 is 0 Å². The lowest BCUT2D eigenvalue weighted by atomic mass is 9.76. The molecule has 0 aliphatic heterocycles. The van der Waals surface area contributed by atoms with Crippen LogP contribution in [0.4, 0.5) is 0 Å². The van der Waals surface area contributed by atoms with E-state index in [4.69, 9.17) is 4.74 Å². The number of esters is 1. The Bertz CT molecular complexity index is 460. The monoisotopic (exact) mass is 246 g/mol. The molecule has 2 rings (SSSR count). The van der Waals surface area contributed by atoms with Crippen molar-refractivity contribution in [3.63, 3.8) is 0 Å². The Hall–Kier alpha value is -1.31. The minimum Gasteiger partial charge on any atom is -0.457 e. The van der Waals surface area contributed by atoms with Gasteiger partial charge in [0.15, 0.2) is 0 Å². The molecule has 98 valence electrons. The highest BCUT2D eigenvalue weighted by atomic mass is 16.5. The zero-order valence-electron chi connectivity index (χ0n) is 11.7. The second-order valence-corrected chi connectivity index (χ2v) is 5.69. The number of carbonyl (C=O) groups is 1. The molecular weight excluding hydrogens is 224 g/mol. The van der Waals surface area contributed by atoms with Crippen LogP contribution in [-0.2, 0) is 21.4 Å². The van der Waals surface area contributed by atoms with Crippen molar-refractivity contribution in [1.82, 2.24) is 0 Å². The quantitative estimate of drug-likeness (QED) is 0.752. The van der Waals surface area contributed by atoms with Crippen LogP contribution < -0.4 is 0 Å². The Kier molecular flexibility index (Phi) is 3.47. The van der Waals surface area contributed by atoms with Crippen LogP contribution in [0.5, 0.6) is 0 Å². The molecule has 0 aromatic heterocycles. The van der Waals surface area contributed by atoms with Crippen LogP contribution >= 0.6 is 0 Å². The summed E-state index contributed by atoms with van der Waals surface area (Å²) in [6.45, 7) is 8.54. The molecule has 0 radical (unpaired) electrons. The van der Waals surface area contributed by atoms with Crippen LogP contribution in [0.15, 0.2) is 18.2 Å². The fourth-order valence-electron chi connectivity index (χ4n) is 2.23. The number of benzene rings is 1. The highest BCUT2D eigenvalue weighted by Crippen LogP contribution is 2.39. The Morgan fingerprint density at radius 3 is 2.72 bits per heavy atom. The zero-order valence-corrected chi connectivity index (χ0v) is 11.7. The van der Waals surface area contributed by atoms with Gasteiger partial charge < -0.3 is 4.74 Å². The first-order chi connectivity index (χ1) is 8.47. The molecule has 0 spiro atoms. The first-order valence-corrected chi connectivity index (χ1v) is 6.80. The molecule has 0 saturated heterocycles. The van der Waals surface area contributed by atoms with Gasteiger partial charge >= 0.3 is 5.97 Å². The molecule has 18 heavy (non-hydrogen) atoms. The van der Waals surface area contributed by atoms with E-state index in [-0.39, 0.29) is 17.5 Å². The number of ether oxygens (including phenoxy) is 1. The summed E-state index contributed by atoms with van der Waals surface area (Å²) < 4.78 is 5.42.